The maximum Gasteiger partial charge on any atom is 0.140 e. The molecule has 0 amide bonds. The van der Waals surface area contributed by atoms with Crippen LogP contribution in [0.15, 0.2) is 0 Å². The monoisotopic (exact) mass is 165 g/mol. The molecule has 12 heavy (non-hydrogen) atoms. The topological polar surface area (TPSA) is 44.0 Å². The van der Waals surface area contributed by atoms with Gasteiger partial charge in [-0.1, -0.05) is 6.92 Å². The van der Waals surface area contributed by atoms with Crippen molar-refractivity contribution in [3.05, 3.63) is 0 Å². The van der Waals surface area contributed by atoms with Gasteiger partial charge in [-0.2, -0.15) is 5.26 Å². The van der Waals surface area contributed by atoms with Gasteiger partial charge in [0, 0.05) is 12.8 Å². The van der Waals surface area contributed by atoms with Crippen molar-refractivity contribution < 1.29 is 5.11 Å². The van der Waals surface area contributed by atoms with Gasteiger partial charge in [-0.3, -0.25) is 0 Å². The van der Waals surface area contributed by atoms with Crippen LogP contribution in [0.2, 0.25) is 0 Å². The molecule has 0 spiro atoms. The van der Waals surface area contributed by atoms with E-state index in [2.05, 4.69) is 18.8 Å². The van der Waals surface area contributed by atoms with Crippen molar-refractivity contribution in [2.75, 3.05) is 0 Å². The molecule has 0 aliphatic carbocycles. The Morgan fingerprint density at radius 1 is 1.33 bits per heavy atom. The van der Waals surface area contributed by atoms with Crippen LogP contribution in [-0.4, -0.2) is 11.2 Å². The van der Waals surface area contributed by atoms with Crippen LogP contribution >= 0.6 is 0 Å². The Balaban J connectivity index is 3.23. The van der Waals surface area contributed by atoms with E-state index in [1.54, 1.807) is 6.07 Å². The van der Waals surface area contributed by atoms with Crippen molar-refractivity contribution in [2.45, 2.75) is 45.1 Å². The third kappa shape index (κ3) is 7.12. The summed E-state index contributed by atoms with van der Waals surface area (Å²) in [6.45, 7) is 2.09. The molecule has 0 aliphatic heterocycles. The lowest BCUT2D eigenvalue weighted by molar-refractivity contribution is 0.217. The summed E-state index contributed by atoms with van der Waals surface area (Å²) in [5.74, 6) is 6.01. The van der Waals surface area contributed by atoms with Gasteiger partial charge >= 0.3 is 0 Å². The van der Waals surface area contributed by atoms with E-state index < -0.39 is 6.10 Å². The van der Waals surface area contributed by atoms with Gasteiger partial charge in [-0.15, -0.1) is 11.8 Å². The van der Waals surface area contributed by atoms with E-state index in [1.165, 1.54) is 0 Å². The highest BCUT2D eigenvalue weighted by atomic mass is 16.3. The zero-order chi connectivity index (χ0) is 9.23. The first kappa shape index (κ1) is 11.0. The van der Waals surface area contributed by atoms with Crippen molar-refractivity contribution in [3.63, 3.8) is 0 Å². The Labute approximate surface area is 74.2 Å². The summed E-state index contributed by atoms with van der Waals surface area (Å²) in [6.07, 6.45) is 3.37. The predicted octanol–water partition coefficient (Wildman–Crippen LogP) is 1.84. The Kier molecular flexibility index (Phi) is 7.44. The minimum atomic E-state index is -0.807. The van der Waals surface area contributed by atoms with E-state index in [-0.39, 0.29) is 0 Å². The molecule has 2 heteroatoms. The molecular weight excluding hydrogens is 150 g/mol. The molecule has 1 N–H and O–H groups in total. The lowest BCUT2D eigenvalue weighted by Crippen LogP contribution is -2.00. The molecular formula is C10H15NO. The van der Waals surface area contributed by atoms with E-state index in [4.69, 9.17) is 10.4 Å². The summed E-state index contributed by atoms with van der Waals surface area (Å²) in [7, 11) is 0. The Hall–Kier alpha value is -0.990. The Morgan fingerprint density at radius 2 is 2.00 bits per heavy atom. The molecule has 1 unspecified atom stereocenters. The van der Waals surface area contributed by atoms with Gasteiger partial charge in [0.15, 0.2) is 0 Å². The molecule has 0 aromatic heterocycles. The fourth-order valence-corrected chi connectivity index (χ4v) is 0.750. The quantitative estimate of drug-likeness (QED) is 0.392. The molecule has 0 aliphatic rings. The molecule has 0 fully saturated rings. The number of hydrogen-bond acceptors (Lipinski definition) is 2. The number of aliphatic hydroxyl groups is 1. The molecule has 0 aromatic rings. The highest BCUT2D eigenvalue weighted by Crippen LogP contribution is 1.98. The molecule has 0 rings (SSSR count). The third-order valence-corrected chi connectivity index (χ3v) is 1.43. The fourth-order valence-electron chi connectivity index (χ4n) is 0.750. The summed E-state index contributed by atoms with van der Waals surface area (Å²) in [5, 5.41) is 17.1. The number of rotatable bonds is 4. The summed E-state index contributed by atoms with van der Waals surface area (Å²) in [6, 6.07) is 1.77. The van der Waals surface area contributed by atoms with Gasteiger partial charge in [0.05, 0.1) is 6.07 Å². The van der Waals surface area contributed by atoms with Crippen LogP contribution in [-0.2, 0) is 0 Å². The van der Waals surface area contributed by atoms with Crippen LogP contribution in [0, 0.1) is 23.2 Å². The van der Waals surface area contributed by atoms with Gasteiger partial charge in [-0.05, 0) is 19.3 Å². The van der Waals surface area contributed by atoms with Crippen molar-refractivity contribution in [3.8, 4) is 17.9 Å². The second kappa shape index (κ2) is 8.11. The van der Waals surface area contributed by atoms with Crippen molar-refractivity contribution in [2.24, 2.45) is 0 Å². The van der Waals surface area contributed by atoms with Crippen LogP contribution in [0.25, 0.3) is 0 Å². The Morgan fingerprint density at radius 3 is 2.58 bits per heavy atom. The normalized spacial score (nSPS) is 11.1. The second-order valence-corrected chi connectivity index (χ2v) is 2.64. The Bertz CT molecular complexity index is 194. The maximum atomic E-state index is 8.85. The smallest absolute Gasteiger partial charge is 0.140 e. The highest BCUT2D eigenvalue weighted by Gasteiger charge is 1.97. The van der Waals surface area contributed by atoms with Crippen molar-refractivity contribution >= 4 is 0 Å². The molecule has 0 bridgehead atoms. The van der Waals surface area contributed by atoms with Gasteiger partial charge in [0.25, 0.3) is 0 Å². The molecule has 0 saturated carbocycles. The average molecular weight is 165 g/mol. The lowest BCUT2D eigenvalue weighted by Gasteiger charge is -1.96. The van der Waals surface area contributed by atoms with E-state index >= 15 is 0 Å². The second-order valence-electron chi connectivity index (χ2n) is 2.64. The minimum Gasteiger partial charge on any atom is -0.378 e. The average Bonchev–Trinajstić information content (AvgIpc) is 2.10. The molecule has 2 nitrogen and oxygen atoms in total. The van der Waals surface area contributed by atoms with Gasteiger partial charge < -0.3 is 5.11 Å². The first-order chi connectivity index (χ1) is 5.81. The SMILES string of the molecule is CCCC#CCCCC(O)C#N. The summed E-state index contributed by atoms with van der Waals surface area (Å²) in [4.78, 5) is 0. The van der Waals surface area contributed by atoms with Crippen LogP contribution in [0.3, 0.4) is 0 Å². The molecule has 0 radical (unpaired) electrons. The van der Waals surface area contributed by atoms with Crippen LogP contribution in [0.4, 0.5) is 0 Å². The lowest BCUT2D eigenvalue weighted by atomic mass is 10.2. The zero-order valence-corrected chi connectivity index (χ0v) is 7.51. The van der Waals surface area contributed by atoms with E-state index in [1.807, 2.05) is 0 Å². The third-order valence-electron chi connectivity index (χ3n) is 1.43. The standard InChI is InChI=1S/C10H15NO/c1-2-3-4-5-6-7-8-10(12)9-11/h10,12H,2-3,6-8H2,1H3. The van der Waals surface area contributed by atoms with Crippen molar-refractivity contribution in [1.29, 1.82) is 5.26 Å². The van der Waals surface area contributed by atoms with Crippen molar-refractivity contribution in [1.82, 2.24) is 0 Å². The van der Waals surface area contributed by atoms with Gasteiger partial charge in [0.2, 0.25) is 0 Å². The molecule has 66 valence electrons. The number of nitrogens with zero attached hydrogens (tertiary/aromatic N) is 1. The van der Waals surface area contributed by atoms with Gasteiger partial charge in [0.1, 0.15) is 6.10 Å². The fraction of sp³-hybridized carbons (Fsp3) is 0.700. The first-order valence-corrected chi connectivity index (χ1v) is 4.34. The van der Waals surface area contributed by atoms with E-state index in [9.17, 15) is 0 Å². The molecule has 0 heterocycles. The minimum absolute atomic E-state index is 0.539. The molecule has 0 aromatic carbocycles. The van der Waals surface area contributed by atoms with Gasteiger partial charge in [-0.25, -0.2) is 0 Å². The largest absolute Gasteiger partial charge is 0.378 e. The number of hydrogen-bond donors (Lipinski definition) is 1. The summed E-state index contributed by atoms with van der Waals surface area (Å²) >= 11 is 0. The van der Waals surface area contributed by atoms with Crippen LogP contribution in [0.5, 0.6) is 0 Å². The molecule has 1 atom stereocenters. The molecule has 0 saturated heterocycles. The predicted molar refractivity (Wildman–Crippen MR) is 48.2 cm³/mol. The summed E-state index contributed by atoms with van der Waals surface area (Å²) < 4.78 is 0. The summed E-state index contributed by atoms with van der Waals surface area (Å²) in [5.41, 5.74) is 0. The number of nitriles is 1. The van der Waals surface area contributed by atoms with Crippen LogP contribution < -0.4 is 0 Å². The maximum absolute atomic E-state index is 8.85. The van der Waals surface area contributed by atoms with Crippen LogP contribution in [0.1, 0.15) is 39.0 Å². The zero-order valence-electron chi connectivity index (χ0n) is 7.51. The highest BCUT2D eigenvalue weighted by molar-refractivity contribution is 4.98. The first-order valence-electron chi connectivity index (χ1n) is 4.34. The van der Waals surface area contributed by atoms with E-state index in [0.717, 1.165) is 25.7 Å². The number of unbranched alkanes of at least 4 members (excludes halogenated alkanes) is 2. The number of aliphatic hydroxyl groups excluding tert-OH is 1. The van der Waals surface area contributed by atoms with E-state index in [0.29, 0.717) is 6.42 Å².